The van der Waals surface area contributed by atoms with Crippen LogP contribution in [0, 0.1) is 0 Å². The van der Waals surface area contributed by atoms with Gasteiger partial charge in [0.25, 0.3) is 0 Å². The van der Waals surface area contributed by atoms with Crippen LogP contribution >= 0.6 is 11.3 Å². The molecule has 1 amide bonds. The summed E-state index contributed by atoms with van der Waals surface area (Å²) < 4.78 is 9.02. The Hall–Kier alpha value is -1.97. The highest BCUT2D eigenvalue weighted by molar-refractivity contribution is 7.09. The Morgan fingerprint density at radius 3 is 2.73 bits per heavy atom. The molecule has 0 spiro atoms. The van der Waals surface area contributed by atoms with E-state index < -0.39 is 6.10 Å². The molecule has 8 nitrogen and oxygen atoms in total. The van der Waals surface area contributed by atoms with Gasteiger partial charge in [0.1, 0.15) is 6.10 Å². The molecule has 0 N–H and O–H groups in total. The van der Waals surface area contributed by atoms with Gasteiger partial charge in [-0.15, -0.1) is 11.3 Å². The molecule has 0 bridgehead atoms. The summed E-state index contributed by atoms with van der Waals surface area (Å²) in [7, 11) is 0. The Labute approximate surface area is 181 Å². The number of carbonyl (C=O) groups excluding carboxylic acids is 1. The van der Waals surface area contributed by atoms with Crippen LogP contribution < -0.4 is 5.69 Å². The van der Waals surface area contributed by atoms with Gasteiger partial charge in [0.2, 0.25) is 5.91 Å². The lowest BCUT2D eigenvalue weighted by Gasteiger charge is -2.38. The number of thiophene rings is 1. The van der Waals surface area contributed by atoms with E-state index in [0.717, 1.165) is 32.5 Å². The van der Waals surface area contributed by atoms with E-state index in [0.29, 0.717) is 32.1 Å². The largest absolute Gasteiger partial charge is 0.368 e. The van der Waals surface area contributed by atoms with Crippen LogP contribution in [-0.2, 0) is 29.2 Å². The molecule has 4 rings (SSSR count). The molecule has 0 saturated carbocycles. The average molecular weight is 434 g/mol. The fourth-order valence-electron chi connectivity index (χ4n) is 4.44. The molecule has 0 aliphatic carbocycles. The molecular weight excluding hydrogens is 402 g/mol. The van der Waals surface area contributed by atoms with Crippen LogP contribution in [0.5, 0.6) is 0 Å². The van der Waals surface area contributed by atoms with E-state index in [1.54, 1.807) is 15.9 Å². The van der Waals surface area contributed by atoms with Crippen molar-refractivity contribution >= 4 is 17.2 Å². The molecule has 1 unspecified atom stereocenters. The van der Waals surface area contributed by atoms with Crippen molar-refractivity contribution in [3.63, 3.8) is 0 Å². The Kier molecular flexibility index (Phi) is 6.70. The summed E-state index contributed by atoms with van der Waals surface area (Å²) in [6.45, 7) is 9.26. The zero-order chi connectivity index (χ0) is 21.1. The van der Waals surface area contributed by atoms with Gasteiger partial charge in [-0.2, -0.15) is 5.10 Å². The van der Waals surface area contributed by atoms with Crippen molar-refractivity contribution in [1.82, 2.24) is 24.1 Å². The van der Waals surface area contributed by atoms with Crippen LogP contribution in [0.2, 0.25) is 0 Å². The first-order chi connectivity index (χ1) is 14.6. The number of likely N-dealkylation sites (tertiary alicyclic amines) is 1. The second-order valence-electron chi connectivity index (χ2n) is 7.94. The summed E-state index contributed by atoms with van der Waals surface area (Å²) >= 11 is 1.68. The number of aromatic nitrogens is 3. The minimum Gasteiger partial charge on any atom is -0.368 e. The lowest BCUT2D eigenvalue weighted by Crippen LogP contribution is -2.47. The third kappa shape index (κ3) is 4.38. The van der Waals surface area contributed by atoms with Crippen LogP contribution in [0.4, 0.5) is 0 Å². The van der Waals surface area contributed by atoms with E-state index >= 15 is 0 Å². The summed E-state index contributed by atoms with van der Waals surface area (Å²) in [6.07, 6.45) is 1.74. The highest BCUT2D eigenvalue weighted by atomic mass is 32.1. The van der Waals surface area contributed by atoms with Gasteiger partial charge in [0, 0.05) is 30.6 Å². The van der Waals surface area contributed by atoms with Gasteiger partial charge in [0.05, 0.1) is 26.1 Å². The lowest BCUT2D eigenvalue weighted by atomic mass is 10.0. The summed E-state index contributed by atoms with van der Waals surface area (Å²) in [5, 5.41) is 6.49. The van der Waals surface area contributed by atoms with Gasteiger partial charge in [-0.25, -0.2) is 9.48 Å². The Morgan fingerprint density at radius 2 is 2.07 bits per heavy atom. The van der Waals surface area contributed by atoms with E-state index in [9.17, 15) is 9.59 Å². The van der Waals surface area contributed by atoms with E-state index in [4.69, 9.17) is 4.74 Å². The minimum absolute atomic E-state index is 0.0790. The first-order valence-electron chi connectivity index (χ1n) is 10.9. The number of amides is 1. The van der Waals surface area contributed by atoms with Crippen molar-refractivity contribution in [2.45, 2.75) is 64.9 Å². The van der Waals surface area contributed by atoms with E-state index in [-0.39, 0.29) is 24.1 Å². The number of ether oxygens (including phenoxy) is 1. The second kappa shape index (κ2) is 9.45. The molecule has 164 valence electrons. The van der Waals surface area contributed by atoms with Gasteiger partial charge < -0.3 is 14.5 Å². The quantitative estimate of drug-likeness (QED) is 0.669. The average Bonchev–Trinajstić information content (AvgIpc) is 3.40. The summed E-state index contributed by atoms with van der Waals surface area (Å²) in [5.41, 5.74) is -0.115. The molecule has 1 saturated heterocycles. The predicted molar refractivity (Wildman–Crippen MR) is 115 cm³/mol. The zero-order valence-electron chi connectivity index (χ0n) is 17.8. The van der Waals surface area contributed by atoms with Crippen molar-refractivity contribution in [3.8, 4) is 0 Å². The lowest BCUT2D eigenvalue weighted by molar-refractivity contribution is -0.139. The van der Waals surface area contributed by atoms with E-state index in [2.05, 4.69) is 28.4 Å². The molecule has 2 aromatic heterocycles. The maximum atomic E-state index is 13.5. The van der Waals surface area contributed by atoms with E-state index in [1.165, 1.54) is 9.56 Å². The first-order valence-corrected chi connectivity index (χ1v) is 11.8. The molecular formula is C21H31N5O3S. The second-order valence-corrected chi connectivity index (χ2v) is 8.97. The molecule has 2 aromatic rings. The molecule has 4 heterocycles. The third-order valence-electron chi connectivity index (χ3n) is 6.20. The molecule has 30 heavy (non-hydrogen) atoms. The van der Waals surface area contributed by atoms with Gasteiger partial charge in [-0.1, -0.05) is 13.0 Å². The number of piperidine rings is 1. The smallest absolute Gasteiger partial charge is 0.346 e. The van der Waals surface area contributed by atoms with Crippen molar-refractivity contribution in [2.24, 2.45) is 0 Å². The molecule has 9 heteroatoms. The normalized spacial score (nSPS) is 20.3. The maximum Gasteiger partial charge on any atom is 0.346 e. The fraction of sp³-hybridized carbons (Fsp3) is 0.667. The Balaban J connectivity index is 1.52. The van der Waals surface area contributed by atoms with Crippen molar-refractivity contribution in [1.29, 1.82) is 0 Å². The van der Waals surface area contributed by atoms with Crippen molar-refractivity contribution in [2.75, 3.05) is 26.2 Å². The number of aryl methyl sites for hydroxylation is 1. The van der Waals surface area contributed by atoms with E-state index in [1.807, 2.05) is 17.9 Å². The molecule has 2 aliphatic rings. The van der Waals surface area contributed by atoms with Crippen LogP contribution in [-0.4, -0.2) is 62.3 Å². The summed E-state index contributed by atoms with van der Waals surface area (Å²) in [5.74, 6) is 0.661. The first kappa shape index (κ1) is 21.3. The van der Waals surface area contributed by atoms with Gasteiger partial charge >= 0.3 is 5.69 Å². The van der Waals surface area contributed by atoms with Crippen LogP contribution in [0.15, 0.2) is 22.3 Å². The Bertz CT molecular complexity index is 898. The third-order valence-corrected chi connectivity index (χ3v) is 7.07. The van der Waals surface area contributed by atoms with Gasteiger partial charge in [-0.05, 0) is 37.8 Å². The number of hydrogen-bond acceptors (Lipinski definition) is 6. The van der Waals surface area contributed by atoms with Crippen molar-refractivity contribution < 1.29 is 9.53 Å². The maximum absolute atomic E-state index is 13.5. The van der Waals surface area contributed by atoms with Crippen LogP contribution in [0.3, 0.4) is 0 Å². The monoisotopic (exact) mass is 433 g/mol. The molecule has 2 aliphatic heterocycles. The summed E-state index contributed by atoms with van der Waals surface area (Å²) in [6, 6.07) is 4.35. The SMILES string of the molecule is CCN1CCC(N(Cc2cccs2)C(=O)CC2OCCn3c2nn(CC)c3=O)CC1. The molecule has 1 atom stereocenters. The van der Waals surface area contributed by atoms with Crippen LogP contribution in [0.1, 0.15) is 49.9 Å². The predicted octanol–water partition coefficient (Wildman–Crippen LogP) is 2.10. The molecule has 1 fully saturated rings. The number of fused-ring (bicyclic) bond motifs is 1. The summed E-state index contributed by atoms with van der Waals surface area (Å²) in [4.78, 5) is 31.6. The topological polar surface area (TPSA) is 72.6 Å². The minimum atomic E-state index is -0.465. The fourth-order valence-corrected chi connectivity index (χ4v) is 5.14. The van der Waals surface area contributed by atoms with Crippen molar-refractivity contribution in [3.05, 3.63) is 38.7 Å². The Morgan fingerprint density at radius 1 is 1.27 bits per heavy atom. The number of carbonyl (C=O) groups is 1. The van der Waals surface area contributed by atoms with Gasteiger partial charge in [-0.3, -0.25) is 9.36 Å². The van der Waals surface area contributed by atoms with Gasteiger partial charge in [0.15, 0.2) is 5.82 Å². The highest BCUT2D eigenvalue weighted by Gasteiger charge is 2.33. The zero-order valence-corrected chi connectivity index (χ0v) is 18.6. The highest BCUT2D eigenvalue weighted by Crippen LogP contribution is 2.27. The number of hydrogen-bond donors (Lipinski definition) is 0. The molecule has 0 aromatic carbocycles. The van der Waals surface area contributed by atoms with Crippen LogP contribution in [0.25, 0.3) is 0 Å². The molecule has 0 radical (unpaired) electrons. The standard InChI is InChI=1S/C21H31N5O3S/c1-3-23-9-7-16(8-10-23)25(15-17-6-5-13-30-17)19(27)14-18-20-22-26(4-2)21(28)24(20)11-12-29-18/h5-6,13,16,18H,3-4,7-12,14-15H2,1-2H3. The number of nitrogens with zero attached hydrogens (tertiary/aromatic N) is 5. The number of rotatable bonds is 7.